The fraction of sp³-hybridized carbons (Fsp3) is 0.158. The lowest BCUT2D eigenvalue weighted by molar-refractivity contribution is -0.124. The number of rotatable bonds is 5. The zero-order chi connectivity index (χ0) is 19.4. The van der Waals surface area contributed by atoms with Gasteiger partial charge in [0.1, 0.15) is 6.54 Å². The second kappa shape index (κ2) is 8.13. The fourth-order valence-electron chi connectivity index (χ4n) is 2.52. The third-order valence-electron chi connectivity index (χ3n) is 3.89. The zero-order valence-corrected chi connectivity index (χ0v) is 16.1. The lowest BCUT2D eigenvalue weighted by Gasteiger charge is -2.10. The molecule has 0 aliphatic heterocycles. The van der Waals surface area contributed by atoms with Crippen molar-refractivity contribution in [2.75, 3.05) is 11.9 Å². The topological polar surface area (TPSA) is 93.1 Å². The molecule has 0 saturated heterocycles. The number of hydrogen-bond acceptors (Lipinski definition) is 4. The number of nitrogens with one attached hydrogen (secondary N) is 2. The highest BCUT2D eigenvalue weighted by Crippen LogP contribution is 2.23. The van der Waals surface area contributed by atoms with E-state index in [0.717, 1.165) is 10.0 Å². The van der Waals surface area contributed by atoms with Gasteiger partial charge in [-0.15, -0.1) is 0 Å². The van der Waals surface area contributed by atoms with E-state index < -0.39 is 5.91 Å². The van der Waals surface area contributed by atoms with Gasteiger partial charge in [0.25, 0.3) is 5.56 Å². The Morgan fingerprint density at radius 3 is 2.70 bits per heavy atom. The Balaban J connectivity index is 1.59. The largest absolute Gasteiger partial charge is 0.345 e. The van der Waals surface area contributed by atoms with Crippen LogP contribution in [0.3, 0.4) is 0 Å². The average Bonchev–Trinajstić information content (AvgIpc) is 2.65. The summed E-state index contributed by atoms with van der Waals surface area (Å²) in [6, 6.07) is 12.5. The van der Waals surface area contributed by atoms with Crippen molar-refractivity contribution < 1.29 is 9.59 Å². The van der Waals surface area contributed by atoms with Crippen LogP contribution in [0.25, 0.3) is 10.9 Å². The van der Waals surface area contributed by atoms with Crippen molar-refractivity contribution >= 4 is 44.3 Å². The van der Waals surface area contributed by atoms with Crippen LogP contribution in [0.4, 0.5) is 5.69 Å². The second-order valence-electron chi connectivity index (χ2n) is 6.00. The molecule has 27 heavy (non-hydrogen) atoms. The van der Waals surface area contributed by atoms with E-state index in [1.165, 1.54) is 10.9 Å². The predicted octanol–water partition coefficient (Wildman–Crippen LogP) is 2.22. The van der Waals surface area contributed by atoms with Crippen LogP contribution in [0.5, 0.6) is 0 Å². The normalized spacial score (nSPS) is 10.6. The summed E-state index contributed by atoms with van der Waals surface area (Å²) in [6.45, 7) is 1.53. The van der Waals surface area contributed by atoms with Gasteiger partial charge >= 0.3 is 0 Å². The Hall–Kier alpha value is -3.00. The Bertz CT molecular complexity index is 1080. The van der Waals surface area contributed by atoms with Crippen molar-refractivity contribution in [2.24, 2.45) is 0 Å². The van der Waals surface area contributed by atoms with Gasteiger partial charge in [-0.25, -0.2) is 4.98 Å². The molecule has 7 nitrogen and oxygen atoms in total. The van der Waals surface area contributed by atoms with E-state index in [4.69, 9.17) is 0 Å². The summed E-state index contributed by atoms with van der Waals surface area (Å²) < 4.78 is 1.97. The molecule has 0 spiro atoms. The first-order chi connectivity index (χ1) is 12.9. The smallest absolute Gasteiger partial charge is 0.261 e. The first-order valence-corrected chi connectivity index (χ1v) is 9.00. The number of aromatic nitrogens is 2. The lowest BCUT2D eigenvalue weighted by Crippen LogP contribution is -2.37. The molecular formula is C19H17BrN4O3. The SMILES string of the molecule is Cc1ccc(NC(=O)CNC(=O)Cn2cnc3ccccc3c2=O)c(Br)c1. The molecule has 3 rings (SSSR count). The molecule has 3 aromatic rings. The third-order valence-corrected chi connectivity index (χ3v) is 4.55. The van der Waals surface area contributed by atoms with Crippen LogP contribution in [0.1, 0.15) is 5.56 Å². The van der Waals surface area contributed by atoms with E-state index in [-0.39, 0.29) is 24.6 Å². The molecule has 0 aliphatic carbocycles. The van der Waals surface area contributed by atoms with Crippen LogP contribution in [-0.2, 0) is 16.1 Å². The maximum Gasteiger partial charge on any atom is 0.261 e. The summed E-state index contributed by atoms with van der Waals surface area (Å²) in [5, 5.41) is 5.65. The number of anilines is 1. The first-order valence-electron chi connectivity index (χ1n) is 8.21. The summed E-state index contributed by atoms with van der Waals surface area (Å²) in [7, 11) is 0. The van der Waals surface area contributed by atoms with E-state index in [1.807, 2.05) is 19.1 Å². The van der Waals surface area contributed by atoms with Crippen LogP contribution in [0, 0.1) is 6.92 Å². The van der Waals surface area contributed by atoms with Crippen LogP contribution >= 0.6 is 15.9 Å². The minimum absolute atomic E-state index is 0.199. The molecule has 0 bridgehead atoms. The molecule has 0 radical (unpaired) electrons. The number of carbonyl (C=O) groups excluding carboxylic acids is 2. The van der Waals surface area contributed by atoms with Gasteiger partial charge in [0.15, 0.2) is 0 Å². The molecule has 2 aromatic carbocycles. The van der Waals surface area contributed by atoms with Gasteiger partial charge < -0.3 is 10.6 Å². The van der Waals surface area contributed by atoms with Crippen LogP contribution in [-0.4, -0.2) is 27.9 Å². The van der Waals surface area contributed by atoms with Crippen molar-refractivity contribution in [1.29, 1.82) is 0 Å². The summed E-state index contributed by atoms with van der Waals surface area (Å²) in [6.07, 6.45) is 1.33. The number of hydrogen-bond donors (Lipinski definition) is 2. The molecule has 8 heteroatoms. The van der Waals surface area contributed by atoms with Crippen LogP contribution < -0.4 is 16.2 Å². The Labute approximate surface area is 163 Å². The van der Waals surface area contributed by atoms with Crippen molar-refractivity contribution in [1.82, 2.24) is 14.9 Å². The number of aryl methyl sites for hydroxylation is 1. The maximum atomic E-state index is 12.4. The molecule has 0 atom stereocenters. The molecule has 2 N–H and O–H groups in total. The Kier molecular flexibility index (Phi) is 5.66. The monoisotopic (exact) mass is 428 g/mol. The molecule has 2 amide bonds. The summed E-state index contributed by atoms with van der Waals surface area (Å²) >= 11 is 3.38. The van der Waals surface area contributed by atoms with Crippen LogP contribution in [0.2, 0.25) is 0 Å². The number of fused-ring (bicyclic) bond motifs is 1. The molecule has 0 unspecified atom stereocenters. The van der Waals surface area contributed by atoms with Gasteiger partial charge in [0.2, 0.25) is 11.8 Å². The summed E-state index contributed by atoms with van der Waals surface area (Å²) in [5.41, 5.74) is 1.95. The maximum absolute atomic E-state index is 12.4. The van der Waals surface area contributed by atoms with Crippen LogP contribution in [0.15, 0.2) is 58.1 Å². The minimum atomic E-state index is -0.452. The number of nitrogens with zero attached hydrogens (tertiary/aromatic N) is 2. The zero-order valence-electron chi connectivity index (χ0n) is 14.5. The Morgan fingerprint density at radius 1 is 1.15 bits per heavy atom. The number of benzene rings is 2. The number of amides is 2. The number of para-hydroxylation sites is 1. The second-order valence-corrected chi connectivity index (χ2v) is 6.86. The summed E-state index contributed by atoms with van der Waals surface area (Å²) in [4.78, 5) is 40.6. The quantitative estimate of drug-likeness (QED) is 0.651. The van der Waals surface area contributed by atoms with E-state index in [1.54, 1.807) is 30.3 Å². The van der Waals surface area contributed by atoms with Gasteiger partial charge in [-0.05, 0) is 52.7 Å². The van der Waals surface area contributed by atoms with E-state index in [2.05, 4.69) is 31.5 Å². The van der Waals surface area contributed by atoms with Gasteiger partial charge in [-0.3, -0.25) is 19.0 Å². The number of carbonyl (C=O) groups is 2. The van der Waals surface area contributed by atoms with Gasteiger partial charge in [0.05, 0.1) is 29.5 Å². The highest BCUT2D eigenvalue weighted by atomic mass is 79.9. The molecular weight excluding hydrogens is 412 g/mol. The molecule has 0 fully saturated rings. The minimum Gasteiger partial charge on any atom is -0.345 e. The highest BCUT2D eigenvalue weighted by molar-refractivity contribution is 9.10. The van der Waals surface area contributed by atoms with Crippen molar-refractivity contribution in [3.05, 3.63) is 69.2 Å². The van der Waals surface area contributed by atoms with E-state index >= 15 is 0 Å². The summed E-state index contributed by atoms with van der Waals surface area (Å²) in [5.74, 6) is -0.816. The van der Waals surface area contributed by atoms with Crippen molar-refractivity contribution in [2.45, 2.75) is 13.5 Å². The van der Waals surface area contributed by atoms with Gasteiger partial charge in [-0.2, -0.15) is 0 Å². The van der Waals surface area contributed by atoms with E-state index in [0.29, 0.717) is 16.6 Å². The molecule has 138 valence electrons. The van der Waals surface area contributed by atoms with Gasteiger partial charge in [-0.1, -0.05) is 18.2 Å². The fourth-order valence-corrected chi connectivity index (χ4v) is 3.12. The van der Waals surface area contributed by atoms with Crippen molar-refractivity contribution in [3.63, 3.8) is 0 Å². The lowest BCUT2D eigenvalue weighted by atomic mass is 10.2. The first kappa shape index (κ1) is 18.8. The molecule has 0 aliphatic rings. The van der Waals surface area contributed by atoms with Gasteiger partial charge in [0, 0.05) is 4.47 Å². The Morgan fingerprint density at radius 2 is 1.93 bits per heavy atom. The molecule has 1 aromatic heterocycles. The molecule has 1 heterocycles. The number of halogens is 1. The van der Waals surface area contributed by atoms with Crippen molar-refractivity contribution in [3.8, 4) is 0 Å². The molecule has 0 saturated carbocycles. The standard InChI is InChI=1S/C19H17BrN4O3/c1-12-6-7-16(14(20)8-12)23-17(25)9-21-18(26)10-24-11-22-15-5-3-2-4-13(15)19(24)27/h2-8,11H,9-10H2,1H3,(H,21,26)(H,23,25). The average molecular weight is 429 g/mol. The third kappa shape index (κ3) is 4.59. The highest BCUT2D eigenvalue weighted by Gasteiger charge is 2.10. The van der Waals surface area contributed by atoms with E-state index in [9.17, 15) is 14.4 Å². The predicted molar refractivity (Wildman–Crippen MR) is 107 cm³/mol.